The van der Waals surface area contributed by atoms with Crippen LogP contribution in [0.4, 0.5) is 13.2 Å². The first-order valence-corrected chi connectivity index (χ1v) is 6.87. The van der Waals surface area contributed by atoms with Crippen LogP contribution in [-0.2, 0) is 9.53 Å². The Hall–Kier alpha value is -1.50. The van der Waals surface area contributed by atoms with E-state index in [0.29, 0.717) is 0 Å². The van der Waals surface area contributed by atoms with Crippen molar-refractivity contribution in [2.24, 2.45) is 0 Å². The van der Waals surface area contributed by atoms with E-state index in [0.717, 1.165) is 12.1 Å². The van der Waals surface area contributed by atoms with Gasteiger partial charge in [-0.1, -0.05) is 15.9 Å². The summed E-state index contributed by atoms with van der Waals surface area (Å²) in [7, 11) is 0. The molecule has 1 aromatic carbocycles. The van der Waals surface area contributed by atoms with Crippen LogP contribution in [0.1, 0.15) is 31.8 Å². The summed E-state index contributed by atoms with van der Waals surface area (Å²) >= 11 is 2.93. The molecule has 3 nitrogen and oxygen atoms in total. The van der Waals surface area contributed by atoms with Gasteiger partial charge in [0.25, 0.3) is 0 Å². The van der Waals surface area contributed by atoms with Crippen molar-refractivity contribution in [3.63, 3.8) is 0 Å². The predicted molar refractivity (Wildman–Crippen MR) is 78.7 cm³/mol. The van der Waals surface area contributed by atoms with Gasteiger partial charge in [-0.2, -0.15) is 13.2 Å². The average Bonchev–Trinajstić information content (AvgIpc) is 2.49. The van der Waals surface area contributed by atoms with E-state index in [4.69, 9.17) is 13.0 Å². The van der Waals surface area contributed by atoms with Crippen molar-refractivity contribution in [2.45, 2.75) is 32.9 Å². The van der Waals surface area contributed by atoms with Crippen LogP contribution in [0.25, 0.3) is 6.08 Å². The Morgan fingerprint density at radius 2 is 2.23 bits per heavy atom. The Labute approximate surface area is 142 Å². The molecule has 1 aliphatic heterocycles. The molecule has 0 spiro atoms. The van der Waals surface area contributed by atoms with Crippen molar-refractivity contribution in [2.75, 3.05) is 6.61 Å². The summed E-state index contributed by atoms with van der Waals surface area (Å²) in [6.07, 6.45) is -7.02. The highest BCUT2D eigenvalue weighted by Gasteiger charge is 2.49. The maximum absolute atomic E-state index is 13.4. The summed E-state index contributed by atoms with van der Waals surface area (Å²) in [6.45, 7) is -4.54. The number of ether oxygens (including phenoxy) is 2. The van der Waals surface area contributed by atoms with Crippen molar-refractivity contribution in [1.29, 1.82) is 0 Å². The van der Waals surface area contributed by atoms with Crippen LogP contribution in [0, 0.1) is 13.7 Å². The molecule has 0 saturated heterocycles. The fourth-order valence-corrected chi connectivity index (χ4v) is 2.26. The minimum atomic E-state index is -5.02. The van der Waals surface area contributed by atoms with E-state index in [1.54, 1.807) is 0 Å². The summed E-state index contributed by atoms with van der Waals surface area (Å²) < 4.78 is 95.1. The Kier molecular flexibility index (Phi) is 2.79. The van der Waals surface area contributed by atoms with E-state index in [2.05, 4.69) is 20.7 Å². The van der Waals surface area contributed by atoms with Gasteiger partial charge in [0.2, 0.25) is 6.10 Å². The van der Waals surface area contributed by atoms with Crippen LogP contribution in [0.2, 0.25) is 0 Å². The fourth-order valence-electron chi connectivity index (χ4n) is 1.93. The second-order valence-electron chi connectivity index (χ2n) is 4.38. The molecular formula is C15H14BrF3O3. The van der Waals surface area contributed by atoms with E-state index >= 15 is 0 Å². The molecule has 0 N–H and O–H groups in total. The molecule has 0 saturated carbocycles. The maximum Gasteiger partial charge on any atom is 0.430 e. The third-order valence-corrected chi connectivity index (χ3v) is 3.73. The van der Waals surface area contributed by atoms with Gasteiger partial charge in [0.05, 0.1) is 12.2 Å². The van der Waals surface area contributed by atoms with E-state index in [9.17, 15) is 18.0 Å². The first kappa shape index (κ1) is 10.3. The minimum absolute atomic E-state index is 0.207. The van der Waals surface area contributed by atoms with E-state index in [1.165, 1.54) is 6.92 Å². The molecule has 0 amide bonds. The van der Waals surface area contributed by atoms with Gasteiger partial charge >= 0.3 is 12.1 Å². The molecule has 0 radical (unpaired) electrons. The highest BCUT2D eigenvalue weighted by Crippen LogP contribution is 2.41. The van der Waals surface area contributed by atoms with Crippen LogP contribution in [0.3, 0.4) is 0 Å². The summed E-state index contributed by atoms with van der Waals surface area (Å²) in [5.41, 5.74) is -2.37. The third-order valence-electron chi connectivity index (χ3n) is 2.90. The standard InChI is InChI=1S/C15H14BrF3O3/c1-4-21-14(20)10-6-9-8(3)12(16)7(2)5-11(9)22-13(10)15(17,18)19/h5-6,13H,4H2,1-3H3/i2D3,3D3. The fraction of sp³-hybridized carbons (Fsp3) is 0.400. The van der Waals surface area contributed by atoms with Gasteiger partial charge in [0, 0.05) is 18.3 Å². The Morgan fingerprint density at radius 1 is 1.50 bits per heavy atom. The smallest absolute Gasteiger partial charge is 0.430 e. The van der Waals surface area contributed by atoms with Gasteiger partial charge < -0.3 is 9.47 Å². The molecule has 1 heterocycles. The lowest BCUT2D eigenvalue weighted by molar-refractivity contribution is -0.187. The number of fused-ring (bicyclic) bond motifs is 1. The molecule has 0 aromatic heterocycles. The van der Waals surface area contributed by atoms with Crippen LogP contribution in [0.5, 0.6) is 5.75 Å². The first-order chi connectivity index (χ1) is 12.6. The topological polar surface area (TPSA) is 35.5 Å². The number of benzene rings is 1. The van der Waals surface area contributed by atoms with Crippen LogP contribution in [-0.4, -0.2) is 24.9 Å². The number of esters is 1. The Morgan fingerprint density at radius 3 is 2.77 bits per heavy atom. The Bertz CT molecular complexity index is 830. The lowest BCUT2D eigenvalue weighted by atomic mass is 9.96. The molecule has 22 heavy (non-hydrogen) atoms. The maximum atomic E-state index is 13.4. The van der Waals surface area contributed by atoms with Crippen LogP contribution >= 0.6 is 15.9 Å². The van der Waals surface area contributed by atoms with E-state index in [-0.39, 0.29) is 16.6 Å². The zero-order valence-corrected chi connectivity index (χ0v) is 12.8. The number of rotatable bonds is 2. The molecule has 1 atom stereocenters. The highest BCUT2D eigenvalue weighted by atomic mass is 79.9. The van der Waals surface area contributed by atoms with E-state index < -0.39 is 54.4 Å². The van der Waals surface area contributed by atoms with Crippen molar-refractivity contribution < 1.29 is 35.7 Å². The van der Waals surface area contributed by atoms with Gasteiger partial charge in [0.15, 0.2) is 0 Å². The van der Waals surface area contributed by atoms with Gasteiger partial charge in [-0.3, -0.25) is 0 Å². The summed E-state index contributed by atoms with van der Waals surface area (Å²) in [5, 5.41) is 0. The first-order valence-electron chi connectivity index (χ1n) is 9.08. The zero-order valence-electron chi connectivity index (χ0n) is 17.2. The number of hydrogen-bond donors (Lipinski definition) is 0. The number of carbonyl (C=O) groups excluding carboxylic acids is 1. The largest absolute Gasteiger partial charge is 0.475 e. The zero-order chi connectivity index (χ0) is 21.7. The molecule has 0 bridgehead atoms. The van der Waals surface area contributed by atoms with Crippen LogP contribution < -0.4 is 4.74 Å². The molecule has 0 aliphatic carbocycles. The quantitative estimate of drug-likeness (QED) is 0.711. The number of hydrogen-bond acceptors (Lipinski definition) is 3. The summed E-state index contributed by atoms with van der Waals surface area (Å²) in [6, 6.07) is 0.818. The van der Waals surface area contributed by atoms with Gasteiger partial charge in [0.1, 0.15) is 5.75 Å². The molecule has 0 fully saturated rings. The SMILES string of the molecule is [2H]C([2H])([2H])c1cc2c(c(C([2H])([2H])[2H])c1Br)C=C(C(=O)OCC)C(C(F)(F)F)O2. The van der Waals surface area contributed by atoms with Crippen LogP contribution in [0.15, 0.2) is 16.1 Å². The second-order valence-corrected chi connectivity index (χ2v) is 5.18. The monoisotopic (exact) mass is 384 g/mol. The van der Waals surface area contributed by atoms with Crippen molar-refractivity contribution in [3.05, 3.63) is 32.8 Å². The van der Waals surface area contributed by atoms with Gasteiger partial charge in [-0.25, -0.2) is 4.79 Å². The molecular weight excluding hydrogens is 365 g/mol. The van der Waals surface area contributed by atoms with Crippen molar-refractivity contribution in [3.8, 4) is 5.75 Å². The molecule has 120 valence electrons. The van der Waals surface area contributed by atoms with Crippen molar-refractivity contribution >= 4 is 28.0 Å². The predicted octanol–water partition coefficient (Wildman–Crippen LogP) is 4.34. The Balaban J connectivity index is 2.86. The minimum Gasteiger partial charge on any atom is -0.475 e. The lowest BCUT2D eigenvalue weighted by Gasteiger charge is -2.29. The summed E-state index contributed by atoms with van der Waals surface area (Å²) in [4.78, 5) is 12.0. The lowest BCUT2D eigenvalue weighted by Crippen LogP contribution is -2.41. The van der Waals surface area contributed by atoms with E-state index in [1.807, 2.05) is 0 Å². The third kappa shape index (κ3) is 2.99. The number of alkyl halides is 3. The second kappa shape index (κ2) is 5.95. The number of carbonyl (C=O) groups is 1. The molecule has 1 aromatic rings. The van der Waals surface area contributed by atoms with Gasteiger partial charge in [-0.15, -0.1) is 0 Å². The normalized spacial score (nSPS) is 22.6. The highest BCUT2D eigenvalue weighted by molar-refractivity contribution is 9.10. The number of aryl methyl sites for hydroxylation is 1. The molecule has 2 rings (SSSR count). The molecule has 7 heteroatoms. The summed E-state index contributed by atoms with van der Waals surface area (Å²) in [5.74, 6) is -1.92. The molecule has 1 aliphatic rings. The average molecular weight is 385 g/mol. The van der Waals surface area contributed by atoms with Crippen molar-refractivity contribution in [1.82, 2.24) is 0 Å². The molecule has 1 unspecified atom stereocenters. The number of halogens is 4. The van der Waals surface area contributed by atoms with Gasteiger partial charge in [-0.05, 0) is 43.9 Å².